The first-order valence-electron chi connectivity index (χ1n) is 8.05. The molecule has 0 bridgehead atoms. The zero-order valence-corrected chi connectivity index (χ0v) is 14.0. The Hall–Kier alpha value is -3.03. The summed E-state index contributed by atoms with van der Waals surface area (Å²) in [4.78, 5) is 12.7. The number of benzene rings is 1. The van der Waals surface area contributed by atoms with E-state index >= 15 is 0 Å². The van der Waals surface area contributed by atoms with Gasteiger partial charge in [-0.3, -0.25) is 4.79 Å². The Kier molecular flexibility index (Phi) is 3.79. The molecule has 0 radical (unpaired) electrons. The molecule has 0 unspecified atom stereocenters. The lowest BCUT2D eigenvalue weighted by atomic mass is 9.86. The SMILES string of the molecule is COc1ccc([C@H]2Nc3nonc3NC3=C2C(=O)CCC3)c(OC)c1. The molecule has 1 aliphatic carbocycles. The molecule has 8 nitrogen and oxygen atoms in total. The molecule has 4 rings (SSSR count). The lowest BCUT2D eigenvalue weighted by molar-refractivity contribution is -0.116. The summed E-state index contributed by atoms with van der Waals surface area (Å²) in [5.41, 5.74) is 2.36. The molecule has 2 aliphatic rings. The Morgan fingerprint density at radius 2 is 2.00 bits per heavy atom. The van der Waals surface area contributed by atoms with Crippen LogP contribution in [-0.4, -0.2) is 30.3 Å². The number of rotatable bonds is 3. The number of methoxy groups -OCH3 is 2. The lowest BCUT2D eigenvalue weighted by Gasteiger charge is -2.26. The molecule has 2 N–H and O–H groups in total. The molecule has 0 fully saturated rings. The summed E-state index contributed by atoms with van der Waals surface area (Å²) in [6.45, 7) is 0. The number of nitrogens with zero attached hydrogens (tertiary/aromatic N) is 2. The molecule has 1 atom stereocenters. The van der Waals surface area contributed by atoms with Crippen molar-refractivity contribution in [2.24, 2.45) is 0 Å². The lowest BCUT2D eigenvalue weighted by Crippen LogP contribution is -2.24. The van der Waals surface area contributed by atoms with Crippen LogP contribution in [0.3, 0.4) is 0 Å². The van der Waals surface area contributed by atoms with E-state index in [-0.39, 0.29) is 5.78 Å². The van der Waals surface area contributed by atoms with Crippen molar-refractivity contribution in [1.82, 2.24) is 10.3 Å². The molecular weight excluding hydrogens is 324 g/mol. The molecule has 0 saturated heterocycles. The average Bonchev–Trinajstić information content (AvgIpc) is 3.00. The number of aromatic nitrogens is 2. The van der Waals surface area contributed by atoms with E-state index in [1.54, 1.807) is 20.3 Å². The van der Waals surface area contributed by atoms with E-state index in [0.717, 1.165) is 24.1 Å². The standard InChI is InChI=1S/C17H18N4O4/c1-23-9-6-7-10(13(8-9)24-2)15-14-11(4-3-5-12(14)22)18-16-17(19-15)21-25-20-16/h6-8,15H,3-5H2,1-2H3,(H,18,20)(H,19,21)/t15-/m1/s1. The predicted molar refractivity (Wildman–Crippen MR) is 89.7 cm³/mol. The van der Waals surface area contributed by atoms with Gasteiger partial charge in [-0.15, -0.1) is 0 Å². The van der Waals surface area contributed by atoms with E-state index in [4.69, 9.17) is 14.1 Å². The van der Waals surface area contributed by atoms with Crippen LogP contribution in [0.1, 0.15) is 30.9 Å². The van der Waals surface area contributed by atoms with Crippen LogP contribution in [0.15, 0.2) is 34.1 Å². The van der Waals surface area contributed by atoms with Crippen molar-refractivity contribution in [1.29, 1.82) is 0 Å². The predicted octanol–water partition coefficient (Wildman–Crippen LogP) is 2.67. The van der Waals surface area contributed by atoms with E-state index in [9.17, 15) is 4.79 Å². The van der Waals surface area contributed by atoms with Gasteiger partial charge in [-0.25, -0.2) is 4.63 Å². The van der Waals surface area contributed by atoms with Crippen LogP contribution in [0.4, 0.5) is 11.6 Å². The van der Waals surface area contributed by atoms with Gasteiger partial charge >= 0.3 is 0 Å². The number of allylic oxidation sites excluding steroid dienone is 1. The zero-order chi connectivity index (χ0) is 17.4. The third-order valence-electron chi connectivity index (χ3n) is 4.54. The summed E-state index contributed by atoms with van der Waals surface area (Å²) in [6.07, 6.45) is 2.09. The topological polar surface area (TPSA) is 98.5 Å². The Balaban J connectivity index is 1.87. The number of hydrogen-bond donors (Lipinski definition) is 2. The molecule has 0 spiro atoms. The van der Waals surface area contributed by atoms with Crippen molar-refractivity contribution in [3.8, 4) is 11.5 Å². The zero-order valence-electron chi connectivity index (χ0n) is 14.0. The molecule has 0 saturated carbocycles. The highest BCUT2D eigenvalue weighted by molar-refractivity contribution is 6.00. The van der Waals surface area contributed by atoms with E-state index in [2.05, 4.69) is 20.9 Å². The minimum absolute atomic E-state index is 0.103. The van der Waals surface area contributed by atoms with Crippen molar-refractivity contribution < 1.29 is 18.9 Å². The molecule has 0 amide bonds. The maximum atomic E-state index is 12.7. The van der Waals surface area contributed by atoms with Crippen molar-refractivity contribution in [2.45, 2.75) is 25.3 Å². The third kappa shape index (κ3) is 2.59. The Morgan fingerprint density at radius 1 is 1.16 bits per heavy atom. The van der Waals surface area contributed by atoms with Crippen LogP contribution in [0.5, 0.6) is 11.5 Å². The van der Waals surface area contributed by atoms with Crippen LogP contribution >= 0.6 is 0 Å². The van der Waals surface area contributed by atoms with E-state index in [1.165, 1.54) is 0 Å². The van der Waals surface area contributed by atoms with Crippen LogP contribution in [0, 0.1) is 0 Å². The second kappa shape index (κ2) is 6.12. The minimum Gasteiger partial charge on any atom is -0.497 e. The summed E-state index contributed by atoms with van der Waals surface area (Å²) in [5, 5.41) is 14.2. The summed E-state index contributed by atoms with van der Waals surface area (Å²) in [5.74, 6) is 2.36. The van der Waals surface area contributed by atoms with Gasteiger partial charge in [0.15, 0.2) is 5.78 Å². The van der Waals surface area contributed by atoms with E-state index < -0.39 is 6.04 Å². The number of anilines is 2. The number of ether oxygens (including phenoxy) is 2. The van der Waals surface area contributed by atoms with Gasteiger partial charge < -0.3 is 20.1 Å². The normalized spacial score (nSPS) is 19.3. The third-order valence-corrected chi connectivity index (χ3v) is 4.54. The number of fused-ring (bicyclic) bond motifs is 1. The number of ketones is 1. The van der Waals surface area contributed by atoms with Gasteiger partial charge in [-0.2, -0.15) is 0 Å². The van der Waals surface area contributed by atoms with Gasteiger partial charge in [-0.05, 0) is 35.3 Å². The minimum atomic E-state index is -0.413. The first-order valence-corrected chi connectivity index (χ1v) is 8.05. The molecule has 130 valence electrons. The summed E-state index contributed by atoms with van der Waals surface area (Å²) >= 11 is 0. The monoisotopic (exact) mass is 342 g/mol. The summed E-state index contributed by atoms with van der Waals surface area (Å²) in [7, 11) is 3.19. The first-order chi connectivity index (χ1) is 12.2. The molecular formula is C17H18N4O4. The molecule has 1 aliphatic heterocycles. The largest absolute Gasteiger partial charge is 0.497 e. The molecule has 1 aromatic carbocycles. The Labute approximate surface area is 144 Å². The Morgan fingerprint density at radius 3 is 2.80 bits per heavy atom. The van der Waals surface area contributed by atoms with Crippen LogP contribution < -0.4 is 20.1 Å². The first kappa shape index (κ1) is 15.5. The van der Waals surface area contributed by atoms with Crippen molar-refractivity contribution in [3.05, 3.63) is 35.0 Å². The van der Waals surface area contributed by atoms with Crippen LogP contribution in [-0.2, 0) is 4.79 Å². The quantitative estimate of drug-likeness (QED) is 0.878. The Bertz CT molecular complexity index is 858. The van der Waals surface area contributed by atoms with E-state index in [0.29, 0.717) is 35.1 Å². The van der Waals surface area contributed by atoms with Gasteiger partial charge in [0.05, 0.1) is 20.3 Å². The number of hydrogen-bond acceptors (Lipinski definition) is 8. The maximum Gasteiger partial charge on any atom is 0.219 e. The average molecular weight is 342 g/mol. The van der Waals surface area contributed by atoms with Gasteiger partial charge in [0.25, 0.3) is 0 Å². The fraction of sp³-hybridized carbons (Fsp3) is 0.353. The van der Waals surface area contributed by atoms with Crippen LogP contribution in [0.25, 0.3) is 0 Å². The number of carbonyl (C=O) groups excluding carboxylic acids is 1. The highest BCUT2D eigenvalue weighted by Crippen LogP contribution is 2.42. The highest BCUT2D eigenvalue weighted by atomic mass is 16.6. The fourth-order valence-electron chi connectivity index (χ4n) is 3.34. The van der Waals surface area contributed by atoms with Gasteiger partial charge in [0.2, 0.25) is 11.6 Å². The second-order valence-corrected chi connectivity index (χ2v) is 5.94. The van der Waals surface area contributed by atoms with Crippen molar-refractivity contribution in [3.63, 3.8) is 0 Å². The number of Topliss-reactive ketones (excluding diaryl/α,β-unsaturated/α-hetero) is 1. The van der Waals surface area contributed by atoms with Crippen molar-refractivity contribution >= 4 is 17.4 Å². The van der Waals surface area contributed by atoms with Gasteiger partial charge in [0.1, 0.15) is 11.5 Å². The highest BCUT2D eigenvalue weighted by Gasteiger charge is 2.35. The molecule has 25 heavy (non-hydrogen) atoms. The smallest absolute Gasteiger partial charge is 0.219 e. The maximum absolute atomic E-state index is 12.7. The summed E-state index contributed by atoms with van der Waals surface area (Å²) in [6, 6.07) is 5.11. The van der Waals surface area contributed by atoms with Gasteiger partial charge in [0, 0.05) is 29.3 Å². The van der Waals surface area contributed by atoms with Crippen molar-refractivity contribution in [2.75, 3.05) is 24.9 Å². The summed E-state index contributed by atoms with van der Waals surface area (Å²) < 4.78 is 15.6. The number of carbonyl (C=O) groups is 1. The molecule has 8 heteroatoms. The molecule has 2 heterocycles. The fourth-order valence-corrected chi connectivity index (χ4v) is 3.34. The molecule has 1 aromatic heterocycles. The van der Waals surface area contributed by atoms with Crippen LogP contribution in [0.2, 0.25) is 0 Å². The van der Waals surface area contributed by atoms with Gasteiger partial charge in [-0.1, -0.05) is 0 Å². The molecule has 2 aromatic rings. The number of nitrogens with one attached hydrogen (secondary N) is 2. The van der Waals surface area contributed by atoms with E-state index in [1.807, 2.05) is 12.1 Å². The second-order valence-electron chi connectivity index (χ2n) is 5.94.